The van der Waals surface area contributed by atoms with Gasteiger partial charge in [-0.2, -0.15) is 0 Å². The molecule has 240 valence electrons. The van der Waals surface area contributed by atoms with Gasteiger partial charge in [0.2, 0.25) is 0 Å². The predicted molar refractivity (Wildman–Crippen MR) is 187 cm³/mol. The molecular formula is C38H49ClN4O2. The van der Waals surface area contributed by atoms with E-state index in [1.807, 2.05) is 12.1 Å². The zero-order chi connectivity index (χ0) is 31.4. The minimum atomic E-state index is -0.0851. The number of amides is 1. The van der Waals surface area contributed by atoms with Gasteiger partial charge in [0.15, 0.2) is 0 Å². The number of hydrogen-bond donors (Lipinski definition) is 1. The molecule has 7 heteroatoms. The summed E-state index contributed by atoms with van der Waals surface area (Å²) in [6.07, 6.45) is 7.22. The lowest BCUT2D eigenvalue weighted by Gasteiger charge is -2.32. The summed E-state index contributed by atoms with van der Waals surface area (Å²) < 4.78 is 8.75. The maximum atomic E-state index is 13.0. The van der Waals surface area contributed by atoms with Crippen molar-refractivity contribution in [2.45, 2.75) is 78.5 Å². The van der Waals surface area contributed by atoms with Crippen LogP contribution in [0.15, 0.2) is 60.7 Å². The maximum Gasteiger partial charge on any atom is 0.251 e. The van der Waals surface area contributed by atoms with Gasteiger partial charge in [-0.3, -0.25) is 9.69 Å². The van der Waals surface area contributed by atoms with E-state index in [9.17, 15) is 4.79 Å². The van der Waals surface area contributed by atoms with E-state index in [-0.39, 0.29) is 17.4 Å². The Labute approximate surface area is 273 Å². The number of hydrogen-bond acceptors (Lipinski definition) is 4. The molecule has 1 aromatic heterocycles. The third kappa shape index (κ3) is 7.67. The number of nitrogens with one attached hydrogen (secondary N) is 1. The van der Waals surface area contributed by atoms with Gasteiger partial charge < -0.3 is 19.5 Å². The highest BCUT2D eigenvalue weighted by Gasteiger charge is 2.25. The molecule has 2 saturated heterocycles. The van der Waals surface area contributed by atoms with E-state index in [2.05, 4.69) is 82.9 Å². The molecule has 0 radical (unpaired) electrons. The Morgan fingerprint density at radius 2 is 1.62 bits per heavy atom. The Bertz CT molecular complexity index is 1610. The number of benzene rings is 3. The third-order valence-electron chi connectivity index (χ3n) is 9.66. The highest BCUT2D eigenvalue weighted by Crippen LogP contribution is 2.32. The molecule has 45 heavy (non-hydrogen) atoms. The summed E-state index contributed by atoms with van der Waals surface area (Å²) in [6, 6.07) is 21.1. The summed E-state index contributed by atoms with van der Waals surface area (Å²) in [7, 11) is 0. The maximum absolute atomic E-state index is 13.0. The van der Waals surface area contributed by atoms with Gasteiger partial charge in [-0.15, -0.1) is 0 Å². The van der Waals surface area contributed by atoms with Crippen molar-refractivity contribution in [2.24, 2.45) is 5.41 Å². The van der Waals surface area contributed by atoms with Crippen LogP contribution in [-0.2, 0) is 13.1 Å². The molecular weight excluding hydrogens is 580 g/mol. The molecule has 0 unspecified atom stereocenters. The lowest BCUT2D eigenvalue weighted by atomic mass is 9.92. The van der Waals surface area contributed by atoms with Crippen LogP contribution in [0.25, 0.3) is 21.8 Å². The van der Waals surface area contributed by atoms with Crippen LogP contribution < -0.4 is 10.1 Å². The van der Waals surface area contributed by atoms with Crippen molar-refractivity contribution in [3.63, 3.8) is 0 Å². The van der Waals surface area contributed by atoms with Crippen LogP contribution in [0.3, 0.4) is 0 Å². The Morgan fingerprint density at radius 1 is 0.889 bits per heavy atom. The molecule has 1 N–H and O–H groups in total. The number of carbonyl (C=O) groups excluding carboxylic acids is 1. The summed E-state index contributed by atoms with van der Waals surface area (Å²) in [5, 5.41) is 6.31. The van der Waals surface area contributed by atoms with Crippen molar-refractivity contribution in [3.8, 4) is 5.75 Å². The second-order valence-electron chi connectivity index (χ2n) is 13.9. The highest BCUT2D eigenvalue weighted by molar-refractivity contribution is 6.32. The number of halogens is 1. The van der Waals surface area contributed by atoms with E-state index in [4.69, 9.17) is 16.3 Å². The zero-order valence-corrected chi connectivity index (χ0v) is 28.0. The SMILES string of the molecule is CCn1c2ccccc2c2cc(CN3CCC(Oc4ccc(C(=O)NCC(C)(C)CN5CCCCCC5)cc4Cl)CC3)ccc21. The monoisotopic (exact) mass is 628 g/mol. The van der Waals surface area contributed by atoms with E-state index >= 15 is 0 Å². The van der Waals surface area contributed by atoms with Crippen molar-refractivity contribution < 1.29 is 9.53 Å². The van der Waals surface area contributed by atoms with Crippen molar-refractivity contribution in [2.75, 3.05) is 39.3 Å². The van der Waals surface area contributed by atoms with Gasteiger partial charge in [0.1, 0.15) is 11.9 Å². The molecule has 0 bridgehead atoms. The average Bonchev–Trinajstić information content (AvgIpc) is 3.14. The number of aromatic nitrogens is 1. The number of ether oxygens (including phenoxy) is 1. The minimum Gasteiger partial charge on any atom is -0.489 e. The van der Waals surface area contributed by atoms with Crippen molar-refractivity contribution >= 4 is 39.3 Å². The standard InChI is InChI=1S/C38H49ClN4O2/c1-4-43-34-12-8-7-11-31(34)32-23-28(13-15-35(32)43)25-41-21-17-30(18-22-41)45-36-16-14-29(24-33(36)39)37(44)40-26-38(2,3)27-42-19-9-5-6-10-20-42/h7-8,11-16,23-24,30H,4-6,9-10,17-22,25-27H2,1-3H3,(H,40,44). The van der Waals surface area contributed by atoms with Crippen LogP contribution in [-0.4, -0.2) is 65.6 Å². The normalized spacial score (nSPS) is 17.5. The van der Waals surface area contributed by atoms with Crippen LogP contribution in [0.2, 0.25) is 5.02 Å². The Balaban J connectivity index is 0.993. The van der Waals surface area contributed by atoms with E-state index in [1.54, 1.807) is 6.07 Å². The molecule has 6 nitrogen and oxygen atoms in total. The second-order valence-corrected chi connectivity index (χ2v) is 14.3. The summed E-state index contributed by atoms with van der Waals surface area (Å²) in [5.41, 5.74) is 4.54. The van der Waals surface area contributed by atoms with Gasteiger partial charge >= 0.3 is 0 Å². The van der Waals surface area contributed by atoms with Crippen molar-refractivity contribution in [3.05, 3.63) is 76.8 Å². The topological polar surface area (TPSA) is 49.7 Å². The molecule has 3 heterocycles. The Kier molecular flexibility index (Phi) is 10.0. The highest BCUT2D eigenvalue weighted by atomic mass is 35.5. The number of nitrogens with zero attached hydrogens (tertiary/aromatic N) is 3. The molecule has 2 aliphatic heterocycles. The molecule has 1 amide bonds. The average molecular weight is 629 g/mol. The molecule has 4 aromatic rings. The van der Waals surface area contributed by atoms with Crippen molar-refractivity contribution in [1.82, 2.24) is 19.7 Å². The molecule has 0 spiro atoms. The molecule has 0 aliphatic carbocycles. The van der Waals surface area contributed by atoms with Gasteiger partial charge in [-0.05, 0) is 93.1 Å². The van der Waals surface area contributed by atoms with Crippen molar-refractivity contribution in [1.29, 1.82) is 0 Å². The zero-order valence-electron chi connectivity index (χ0n) is 27.3. The summed E-state index contributed by atoms with van der Waals surface area (Å²) in [4.78, 5) is 18.1. The first-order valence-corrected chi connectivity index (χ1v) is 17.4. The Morgan fingerprint density at radius 3 is 2.36 bits per heavy atom. The molecule has 2 aliphatic rings. The summed E-state index contributed by atoms with van der Waals surface area (Å²) in [5.74, 6) is 0.573. The van der Waals surface area contributed by atoms with Gasteiger partial charge in [0, 0.05) is 66.6 Å². The minimum absolute atomic E-state index is 0.00390. The number of piperidine rings is 1. The van der Waals surface area contributed by atoms with Gasteiger partial charge in [-0.1, -0.05) is 62.6 Å². The number of para-hydroxylation sites is 1. The number of rotatable bonds is 10. The van der Waals surface area contributed by atoms with Gasteiger partial charge in [-0.25, -0.2) is 0 Å². The first-order chi connectivity index (χ1) is 21.8. The summed E-state index contributed by atoms with van der Waals surface area (Å²) >= 11 is 6.64. The molecule has 3 aromatic carbocycles. The smallest absolute Gasteiger partial charge is 0.251 e. The fraction of sp³-hybridized carbons (Fsp3) is 0.500. The van der Waals surface area contributed by atoms with Crippen LogP contribution >= 0.6 is 11.6 Å². The molecule has 0 saturated carbocycles. The Hall–Kier alpha value is -3.06. The molecule has 0 atom stereocenters. The predicted octanol–water partition coefficient (Wildman–Crippen LogP) is 8.14. The first kappa shape index (κ1) is 31.9. The van der Waals surface area contributed by atoms with E-state index in [0.29, 0.717) is 22.9 Å². The lowest BCUT2D eigenvalue weighted by Crippen LogP contribution is -2.42. The first-order valence-electron chi connectivity index (χ1n) is 17.0. The van der Waals surface area contributed by atoms with Crippen LogP contribution in [0, 0.1) is 5.41 Å². The number of likely N-dealkylation sites (tertiary alicyclic amines) is 2. The second kappa shape index (κ2) is 14.1. The largest absolute Gasteiger partial charge is 0.489 e. The van der Waals surface area contributed by atoms with Crippen LogP contribution in [0.4, 0.5) is 0 Å². The van der Waals surface area contributed by atoms with E-state index in [0.717, 1.165) is 58.7 Å². The number of aryl methyl sites for hydroxylation is 1. The van der Waals surface area contributed by atoms with Gasteiger partial charge in [0.05, 0.1) is 5.02 Å². The molecule has 2 fully saturated rings. The van der Waals surface area contributed by atoms with Crippen LogP contribution in [0.5, 0.6) is 5.75 Å². The number of carbonyl (C=O) groups is 1. The van der Waals surface area contributed by atoms with Crippen LogP contribution in [0.1, 0.15) is 75.2 Å². The van der Waals surface area contributed by atoms with Gasteiger partial charge in [0.25, 0.3) is 5.91 Å². The quantitative estimate of drug-likeness (QED) is 0.193. The van der Waals surface area contributed by atoms with E-state index < -0.39 is 0 Å². The van der Waals surface area contributed by atoms with E-state index in [1.165, 1.54) is 53.1 Å². The lowest BCUT2D eigenvalue weighted by molar-refractivity contribution is 0.0921. The summed E-state index contributed by atoms with van der Waals surface area (Å²) in [6.45, 7) is 14.5. The fourth-order valence-corrected chi connectivity index (χ4v) is 7.50. The third-order valence-corrected chi connectivity index (χ3v) is 9.95. The molecule has 6 rings (SSSR count). The number of fused-ring (bicyclic) bond motifs is 3. The fourth-order valence-electron chi connectivity index (χ4n) is 7.28.